The number of aromatic nitrogens is 3. The minimum atomic E-state index is -0.256. The van der Waals surface area contributed by atoms with Crippen LogP contribution in [0.5, 0.6) is 0 Å². The largest absolute Gasteiger partial charge is 0.348 e. The minimum Gasteiger partial charge on any atom is -0.348 e. The maximum absolute atomic E-state index is 13.1. The molecule has 1 N–H and O–H groups in total. The Hall–Kier alpha value is -3.41. The van der Waals surface area contributed by atoms with Gasteiger partial charge in [-0.15, -0.1) is 0 Å². The van der Waals surface area contributed by atoms with Crippen molar-refractivity contribution >= 4 is 22.3 Å². The summed E-state index contributed by atoms with van der Waals surface area (Å²) in [5.41, 5.74) is 4.84. The number of benzene rings is 2. The predicted molar refractivity (Wildman–Crippen MR) is 117 cm³/mol. The lowest BCUT2D eigenvalue weighted by atomic mass is 9.88. The van der Waals surface area contributed by atoms with Gasteiger partial charge >= 0.3 is 0 Å². The first-order valence-electron chi connectivity index (χ1n) is 10.4. The molecule has 152 valence electrons. The molecule has 1 amide bonds. The molecule has 2 aromatic heterocycles. The number of hydrogen-bond acceptors (Lipinski definition) is 3. The Bertz CT molecular complexity index is 1350. The summed E-state index contributed by atoms with van der Waals surface area (Å²) in [5, 5.41) is 8.53. The van der Waals surface area contributed by atoms with Gasteiger partial charge in [0.1, 0.15) is 17.9 Å². The third-order valence-electron chi connectivity index (χ3n) is 6.00. The van der Waals surface area contributed by atoms with E-state index in [0.29, 0.717) is 11.3 Å². The van der Waals surface area contributed by atoms with Crippen LogP contribution in [0, 0.1) is 13.8 Å². The van der Waals surface area contributed by atoms with E-state index >= 15 is 0 Å². The van der Waals surface area contributed by atoms with E-state index < -0.39 is 0 Å². The lowest BCUT2D eigenvalue weighted by Crippen LogP contribution is -2.37. The molecule has 4 aromatic rings. The van der Waals surface area contributed by atoms with E-state index in [4.69, 9.17) is 0 Å². The van der Waals surface area contributed by atoms with Gasteiger partial charge in [-0.1, -0.05) is 35.9 Å². The molecule has 6 heteroatoms. The van der Waals surface area contributed by atoms with Gasteiger partial charge in [0.05, 0.1) is 11.6 Å². The van der Waals surface area contributed by atoms with Crippen molar-refractivity contribution in [2.75, 3.05) is 0 Å². The van der Waals surface area contributed by atoms with Crippen molar-refractivity contribution in [1.29, 1.82) is 0 Å². The number of nitrogens with zero attached hydrogens (tertiary/aromatic N) is 3. The zero-order chi connectivity index (χ0) is 20.8. The maximum Gasteiger partial charge on any atom is 0.291 e. The number of carbonyl (C=O) groups excluding carboxylic acids is 1. The molecule has 0 bridgehead atoms. The van der Waals surface area contributed by atoms with Crippen LogP contribution in [0.25, 0.3) is 16.4 Å². The van der Waals surface area contributed by atoms with Crippen molar-refractivity contribution in [3.8, 4) is 0 Å². The molecule has 0 saturated heterocycles. The van der Waals surface area contributed by atoms with E-state index in [9.17, 15) is 9.59 Å². The summed E-state index contributed by atoms with van der Waals surface area (Å²) < 4.78 is 3.14. The molecule has 2 aromatic carbocycles. The normalized spacial score (nSPS) is 16.0. The highest BCUT2D eigenvalue weighted by molar-refractivity contribution is 5.87. The highest BCUT2D eigenvalue weighted by atomic mass is 16.2. The summed E-state index contributed by atoms with van der Waals surface area (Å²) in [4.78, 5) is 25.9. The fourth-order valence-corrected chi connectivity index (χ4v) is 4.62. The topological polar surface area (TPSA) is 68.4 Å². The number of nitrogens with one attached hydrogen (secondary N) is 1. The average molecular weight is 400 g/mol. The quantitative estimate of drug-likeness (QED) is 0.573. The van der Waals surface area contributed by atoms with Crippen LogP contribution >= 0.6 is 0 Å². The Balaban J connectivity index is 1.46. The van der Waals surface area contributed by atoms with E-state index in [0.717, 1.165) is 35.7 Å². The monoisotopic (exact) mass is 400 g/mol. The molecular weight excluding hydrogens is 376 g/mol. The summed E-state index contributed by atoms with van der Waals surface area (Å²) in [6.07, 6.45) is 2.99. The Morgan fingerprint density at radius 1 is 1.13 bits per heavy atom. The average Bonchev–Trinajstić information content (AvgIpc) is 3.11. The van der Waals surface area contributed by atoms with Crippen LogP contribution in [0.1, 0.15) is 41.4 Å². The Labute approximate surface area is 174 Å². The molecule has 2 heterocycles. The molecule has 0 radical (unpaired) electrons. The summed E-state index contributed by atoms with van der Waals surface area (Å²) in [7, 11) is 0. The van der Waals surface area contributed by atoms with Crippen LogP contribution in [0.15, 0.2) is 53.3 Å². The minimum absolute atomic E-state index is 0.0122. The van der Waals surface area contributed by atoms with Crippen molar-refractivity contribution in [3.05, 3.63) is 81.4 Å². The van der Waals surface area contributed by atoms with Crippen molar-refractivity contribution in [3.63, 3.8) is 0 Å². The zero-order valence-electron chi connectivity index (χ0n) is 17.2. The second-order valence-electron chi connectivity index (χ2n) is 8.15. The number of aryl methyl sites for hydroxylation is 3. The van der Waals surface area contributed by atoms with Gasteiger partial charge in [0.25, 0.3) is 5.56 Å². The van der Waals surface area contributed by atoms with E-state index in [1.165, 1.54) is 15.8 Å². The Morgan fingerprint density at radius 2 is 1.97 bits per heavy atom. The molecule has 6 nitrogen and oxygen atoms in total. The molecule has 5 rings (SSSR count). The van der Waals surface area contributed by atoms with Gasteiger partial charge in [-0.25, -0.2) is 4.68 Å². The van der Waals surface area contributed by atoms with Gasteiger partial charge in [-0.05, 0) is 62.4 Å². The molecule has 0 aliphatic heterocycles. The van der Waals surface area contributed by atoms with Gasteiger partial charge in [0.2, 0.25) is 5.91 Å². The van der Waals surface area contributed by atoms with Crippen LogP contribution in [0.3, 0.4) is 0 Å². The Kier molecular flexibility index (Phi) is 4.42. The van der Waals surface area contributed by atoms with Gasteiger partial charge < -0.3 is 5.32 Å². The highest BCUT2D eigenvalue weighted by Gasteiger charge is 2.22. The smallest absolute Gasteiger partial charge is 0.291 e. The van der Waals surface area contributed by atoms with Crippen molar-refractivity contribution in [2.24, 2.45) is 0 Å². The maximum atomic E-state index is 13.1. The van der Waals surface area contributed by atoms with Gasteiger partial charge in [-0.3, -0.25) is 14.0 Å². The Morgan fingerprint density at radius 3 is 2.83 bits per heavy atom. The lowest BCUT2D eigenvalue weighted by molar-refractivity contribution is -0.122. The second-order valence-corrected chi connectivity index (χ2v) is 8.15. The van der Waals surface area contributed by atoms with Gasteiger partial charge in [-0.2, -0.15) is 5.10 Å². The third kappa shape index (κ3) is 3.09. The molecule has 0 unspecified atom stereocenters. The van der Waals surface area contributed by atoms with Crippen molar-refractivity contribution < 1.29 is 4.79 Å². The molecule has 0 fully saturated rings. The molecule has 1 aliphatic carbocycles. The number of carbonyl (C=O) groups is 1. The number of amides is 1. The summed E-state index contributed by atoms with van der Waals surface area (Å²) in [6, 6.07) is 16.2. The molecule has 1 aliphatic rings. The second kappa shape index (κ2) is 7.13. The van der Waals surface area contributed by atoms with Crippen LogP contribution < -0.4 is 10.9 Å². The predicted octanol–water partition coefficient (Wildman–Crippen LogP) is 3.46. The highest BCUT2D eigenvalue weighted by Crippen LogP contribution is 2.29. The molecule has 1 atom stereocenters. The first kappa shape index (κ1) is 18.6. The number of hydrogen-bond donors (Lipinski definition) is 1. The van der Waals surface area contributed by atoms with E-state index in [2.05, 4.69) is 28.6 Å². The SMILES string of the molecule is Cc1ccc2c(c1)cc1c(=O)n(CC(=O)N[C@H]3CCCc4ccccc43)nc(C)n12. The van der Waals surface area contributed by atoms with Gasteiger partial charge in [0, 0.05) is 5.39 Å². The van der Waals surface area contributed by atoms with Crippen LogP contribution in [-0.2, 0) is 17.8 Å². The molecule has 0 spiro atoms. The summed E-state index contributed by atoms with van der Waals surface area (Å²) >= 11 is 0. The van der Waals surface area contributed by atoms with Crippen molar-refractivity contribution in [1.82, 2.24) is 19.5 Å². The summed E-state index contributed by atoms with van der Waals surface area (Å²) in [5.74, 6) is 0.487. The number of fused-ring (bicyclic) bond motifs is 4. The van der Waals surface area contributed by atoms with Crippen LogP contribution in [-0.4, -0.2) is 20.1 Å². The van der Waals surface area contributed by atoms with Crippen molar-refractivity contribution in [2.45, 2.75) is 45.7 Å². The van der Waals surface area contributed by atoms with Crippen LogP contribution in [0.4, 0.5) is 0 Å². The van der Waals surface area contributed by atoms with E-state index in [1.54, 1.807) is 0 Å². The summed E-state index contributed by atoms with van der Waals surface area (Å²) in [6.45, 7) is 3.80. The fourth-order valence-electron chi connectivity index (χ4n) is 4.62. The third-order valence-corrected chi connectivity index (χ3v) is 6.00. The van der Waals surface area contributed by atoms with Crippen LogP contribution in [0.2, 0.25) is 0 Å². The lowest BCUT2D eigenvalue weighted by Gasteiger charge is -2.26. The fraction of sp³-hybridized carbons (Fsp3) is 0.292. The van der Waals surface area contributed by atoms with Gasteiger partial charge in [0.15, 0.2) is 0 Å². The standard InChI is InChI=1S/C24H24N4O2/c1-15-10-11-21-18(12-15)13-22-24(30)27(26-16(2)28(21)22)14-23(29)25-20-9-5-7-17-6-3-4-8-19(17)20/h3-4,6,8,10-13,20H,5,7,9,14H2,1-2H3,(H,25,29)/t20-/m0/s1. The zero-order valence-corrected chi connectivity index (χ0v) is 17.2. The van der Waals surface area contributed by atoms with E-state index in [1.807, 2.05) is 48.6 Å². The molecular formula is C24H24N4O2. The molecule has 0 saturated carbocycles. The first-order valence-corrected chi connectivity index (χ1v) is 10.4. The first-order chi connectivity index (χ1) is 14.5. The number of rotatable bonds is 3. The van der Waals surface area contributed by atoms with E-state index in [-0.39, 0.29) is 24.1 Å². The molecule has 30 heavy (non-hydrogen) atoms.